The lowest BCUT2D eigenvalue weighted by atomic mass is 9.73. The summed E-state index contributed by atoms with van der Waals surface area (Å²) in [4.78, 5) is 26.3. The number of carbonyl (C=O) groups is 2. The van der Waals surface area contributed by atoms with Gasteiger partial charge in [-0.2, -0.15) is 0 Å². The number of ether oxygens (including phenoxy) is 2. The van der Waals surface area contributed by atoms with Gasteiger partial charge in [-0.25, -0.2) is 4.79 Å². The Bertz CT molecular complexity index is 607. The fourth-order valence-electron chi connectivity index (χ4n) is 3.69. The van der Waals surface area contributed by atoms with Gasteiger partial charge < -0.3 is 14.8 Å². The highest BCUT2D eigenvalue weighted by atomic mass is 16.5. The van der Waals surface area contributed by atoms with Crippen LogP contribution in [0.15, 0.2) is 30.3 Å². The normalized spacial score (nSPS) is 26.1. The van der Waals surface area contributed by atoms with Crippen LogP contribution in [-0.4, -0.2) is 48.7 Å². The SMILES string of the molecule is CC1CCCCC12NC(=O)N(CCOCCOc1ccccc1)C2=O. The van der Waals surface area contributed by atoms with Crippen LogP contribution >= 0.6 is 0 Å². The van der Waals surface area contributed by atoms with Crippen LogP contribution in [0.1, 0.15) is 32.6 Å². The van der Waals surface area contributed by atoms with Crippen LogP contribution in [0.4, 0.5) is 4.79 Å². The molecule has 1 aliphatic carbocycles. The van der Waals surface area contributed by atoms with Gasteiger partial charge in [0.1, 0.15) is 17.9 Å². The van der Waals surface area contributed by atoms with Gasteiger partial charge in [-0.3, -0.25) is 9.69 Å². The topological polar surface area (TPSA) is 67.9 Å². The van der Waals surface area contributed by atoms with Gasteiger partial charge in [-0.15, -0.1) is 0 Å². The first-order valence-corrected chi connectivity index (χ1v) is 9.03. The summed E-state index contributed by atoms with van der Waals surface area (Å²) in [5, 5.41) is 2.95. The molecule has 3 amide bonds. The van der Waals surface area contributed by atoms with Gasteiger partial charge >= 0.3 is 6.03 Å². The summed E-state index contributed by atoms with van der Waals surface area (Å²) in [5.41, 5.74) is -0.689. The summed E-state index contributed by atoms with van der Waals surface area (Å²) < 4.78 is 11.1. The number of amides is 3. The summed E-state index contributed by atoms with van der Waals surface area (Å²) in [7, 11) is 0. The number of carbonyl (C=O) groups excluding carboxylic acids is 2. The third-order valence-corrected chi connectivity index (χ3v) is 5.20. The summed E-state index contributed by atoms with van der Waals surface area (Å²) in [6, 6.07) is 9.24. The van der Waals surface area contributed by atoms with Gasteiger partial charge in [-0.05, 0) is 30.9 Å². The Morgan fingerprint density at radius 3 is 2.72 bits per heavy atom. The number of hydrogen-bond donors (Lipinski definition) is 1. The van der Waals surface area contributed by atoms with E-state index >= 15 is 0 Å². The van der Waals surface area contributed by atoms with E-state index in [1.54, 1.807) is 0 Å². The molecule has 0 bridgehead atoms. The third-order valence-electron chi connectivity index (χ3n) is 5.20. The van der Waals surface area contributed by atoms with Crippen molar-refractivity contribution in [1.29, 1.82) is 0 Å². The van der Waals surface area contributed by atoms with Crippen LogP contribution in [0.25, 0.3) is 0 Å². The van der Waals surface area contributed by atoms with Gasteiger partial charge in [0.05, 0.1) is 19.8 Å². The molecule has 2 atom stereocenters. The summed E-state index contributed by atoms with van der Waals surface area (Å²) >= 11 is 0. The number of urea groups is 1. The average molecular weight is 346 g/mol. The lowest BCUT2D eigenvalue weighted by Crippen LogP contribution is -2.54. The van der Waals surface area contributed by atoms with Gasteiger partial charge in [0, 0.05) is 0 Å². The predicted molar refractivity (Wildman–Crippen MR) is 93.4 cm³/mol. The van der Waals surface area contributed by atoms with Gasteiger partial charge in [0.15, 0.2) is 0 Å². The number of hydrogen-bond acceptors (Lipinski definition) is 4. The smallest absolute Gasteiger partial charge is 0.325 e. The summed E-state index contributed by atoms with van der Waals surface area (Å²) in [6.07, 6.45) is 3.82. The van der Waals surface area contributed by atoms with Crippen molar-refractivity contribution in [2.45, 2.75) is 38.1 Å². The van der Waals surface area contributed by atoms with Crippen LogP contribution in [0, 0.1) is 5.92 Å². The quantitative estimate of drug-likeness (QED) is 0.609. The molecule has 1 spiro atoms. The van der Waals surface area contributed by atoms with E-state index in [0.717, 1.165) is 31.4 Å². The summed E-state index contributed by atoms with van der Waals surface area (Å²) in [5.74, 6) is 0.894. The molecule has 1 aromatic carbocycles. The molecule has 1 saturated heterocycles. The molecule has 0 radical (unpaired) electrons. The van der Waals surface area contributed by atoms with Crippen LogP contribution in [0.5, 0.6) is 5.75 Å². The zero-order chi connectivity index (χ0) is 17.7. The Kier molecular flexibility index (Phi) is 5.58. The van der Waals surface area contributed by atoms with Crippen LogP contribution in [0.3, 0.4) is 0 Å². The first-order valence-electron chi connectivity index (χ1n) is 9.03. The predicted octanol–water partition coefficient (Wildman–Crippen LogP) is 2.58. The Balaban J connectivity index is 1.41. The molecule has 3 rings (SSSR count). The molecular formula is C19H26N2O4. The average Bonchev–Trinajstić information content (AvgIpc) is 2.86. The molecule has 1 N–H and O–H groups in total. The minimum absolute atomic E-state index is 0.0890. The molecule has 1 heterocycles. The molecule has 0 aromatic heterocycles. The lowest BCUT2D eigenvalue weighted by Gasteiger charge is -2.36. The lowest BCUT2D eigenvalue weighted by molar-refractivity contribution is -0.134. The first kappa shape index (κ1) is 17.7. The largest absolute Gasteiger partial charge is 0.491 e. The maximum absolute atomic E-state index is 12.8. The Labute approximate surface area is 148 Å². The first-order chi connectivity index (χ1) is 12.1. The van der Waals surface area contributed by atoms with Crippen molar-refractivity contribution in [3.63, 3.8) is 0 Å². The number of imide groups is 1. The number of nitrogens with zero attached hydrogens (tertiary/aromatic N) is 1. The van der Waals surface area contributed by atoms with Crippen molar-refractivity contribution < 1.29 is 19.1 Å². The van der Waals surface area contributed by atoms with E-state index in [4.69, 9.17) is 9.47 Å². The number of rotatable bonds is 7. The van der Waals surface area contributed by atoms with Crippen LogP contribution < -0.4 is 10.1 Å². The van der Waals surface area contributed by atoms with Crippen LogP contribution in [-0.2, 0) is 9.53 Å². The maximum Gasteiger partial charge on any atom is 0.325 e. The van der Waals surface area contributed by atoms with Gasteiger partial charge in [0.2, 0.25) is 0 Å². The molecule has 2 fully saturated rings. The third kappa shape index (κ3) is 3.79. The van der Waals surface area contributed by atoms with Crippen molar-refractivity contribution in [2.24, 2.45) is 5.92 Å². The van der Waals surface area contributed by atoms with E-state index in [1.165, 1.54) is 4.90 Å². The molecule has 2 unspecified atom stereocenters. The minimum Gasteiger partial charge on any atom is -0.491 e. The van der Waals surface area contributed by atoms with E-state index in [-0.39, 0.29) is 24.4 Å². The van der Waals surface area contributed by atoms with Crippen molar-refractivity contribution in [2.75, 3.05) is 26.4 Å². The number of nitrogens with one attached hydrogen (secondary N) is 1. The Morgan fingerprint density at radius 1 is 1.16 bits per heavy atom. The fraction of sp³-hybridized carbons (Fsp3) is 0.579. The highest BCUT2D eigenvalue weighted by Crippen LogP contribution is 2.38. The molecule has 1 aliphatic heterocycles. The number of benzene rings is 1. The zero-order valence-corrected chi connectivity index (χ0v) is 14.7. The Morgan fingerprint density at radius 2 is 1.96 bits per heavy atom. The Hall–Kier alpha value is -2.08. The highest BCUT2D eigenvalue weighted by Gasteiger charge is 2.54. The molecular weight excluding hydrogens is 320 g/mol. The molecule has 2 aliphatic rings. The highest BCUT2D eigenvalue weighted by molar-refractivity contribution is 6.07. The fourth-order valence-corrected chi connectivity index (χ4v) is 3.69. The van der Waals surface area contributed by atoms with E-state index < -0.39 is 5.54 Å². The van der Waals surface area contributed by atoms with Gasteiger partial charge in [-0.1, -0.05) is 38.0 Å². The van der Waals surface area contributed by atoms with E-state index in [2.05, 4.69) is 12.2 Å². The second-order valence-corrected chi connectivity index (χ2v) is 6.78. The van der Waals surface area contributed by atoms with Crippen molar-refractivity contribution >= 4 is 11.9 Å². The molecule has 136 valence electrons. The van der Waals surface area contributed by atoms with Crippen molar-refractivity contribution in [3.8, 4) is 5.75 Å². The summed E-state index contributed by atoms with van der Waals surface area (Å²) in [6.45, 7) is 3.51. The number of para-hydroxylation sites is 1. The van der Waals surface area contributed by atoms with E-state index in [0.29, 0.717) is 19.8 Å². The zero-order valence-electron chi connectivity index (χ0n) is 14.7. The second-order valence-electron chi connectivity index (χ2n) is 6.78. The minimum atomic E-state index is -0.689. The molecule has 1 aromatic rings. The standard InChI is InChI=1S/C19H26N2O4/c1-15-7-5-6-10-19(15)17(22)21(18(23)20-19)11-12-24-13-14-25-16-8-3-2-4-9-16/h2-4,8-9,15H,5-7,10-14H2,1H3,(H,20,23). The van der Waals surface area contributed by atoms with E-state index in [9.17, 15) is 9.59 Å². The molecule has 1 saturated carbocycles. The van der Waals surface area contributed by atoms with Crippen molar-refractivity contribution in [3.05, 3.63) is 30.3 Å². The van der Waals surface area contributed by atoms with Gasteiger partial charge in [0.25, 0.3) is 5.91 Å². The van der Waals surface area contributed by atoms with Crippen molar-refractivity contribution in [1.82, 2.24) is 10.2 Å². The molecule has 6 heteroatoms. The second kappa shape index (κ2) is 7.87. The van der Waals surface area contributed by atoms with E-state index in [1.807, 2.05) is 30.3 Å². The molecule has 6 nitrogen and oxygen atoms in total. The molecule has 25 heavy (non-hydrogen) atoms. The monoisotopic (exact) mass is 346 g/mol. The van der Waals surface area contributed by atoms with Crippen LogP contribution in [0.2, 0.25) is 0 Å². The maximum atomic E-state index is 12.8.